The van der Waals surface area contributed by atoms with Crippen LogP contribution in [0.3, 0.4) is 0 Å². The van der Waals surface area contributed by atoms with Crippen molar-refractivity contribution in [2.45, 2.75) is 80.8 Å². The largest absolute Gasteiger partial charge is 0.508 e. The molecule has 0 aliphatic heterocycles. The molecule has 200 valence electrons. The van der Waals surface area contributed by atoms with Crippen molar-refractivity contribution in [2.75, 3.05) is 32.9 Å². The van der Waals surface area contributed by atoms with Gasteiger partial charge in [0.1, 0.15) is 5.75 Å². The van der Waals surface area contributed by atoms with Crippen LogP contribution >= 0.6 is 11.8 Å². The number of hydrogen-bond donors (Lipinski definition) is 4. The van der Waals surface area contributed by atoms with Crippen LogP contribution in [0.25, 0.3) is 0 Å². The van der Waals surface area contributed by atoms with E-state index in [0.717, 1.165) is 44.1 Å². The molecule has 36 heavy (non-hydrogen) atoms. The summed E-state index contributed by atoms with van der Waals surface area (Å²) in [6, 6.07) is 13.6. The number of hydrogen-bond acceptors (Lipinski definition) is 7. The van der Waals surface area contributed by atoms with Crippen molar-refractivity contribution in [3.05, 3.63) is 59.2 Å². The van der Waals surface area contributed by atoms with Gasteiger partial charge in [0, 0.05) is 28.9 Å². The van der Waals surface area contributed by atoms with Gasteiger partial charge in [-0.3, -0.25) is 0 Å². The molecule has 6 nitrogen and oxygen atoms in total. The Balaban J connectivity index is 1.12. The maximum atomic E-state index is 10.3. The number of rotatable bonds is 18. The molecule has 4 N–H and O–H groups in total. The molecule has 1 aliphatic rings. The van der Waals surface area contributed by atoms with Crippen LogP contribution in [-0.4, -0.2) is 53.5 Å². The van der Waals surface area contributed by atoms with E-state index >= 15 is 0 Å². The van der Waals surface area contributed by atoms with Gasteiger partial charge >= 0.3 is 0 Å². The molecule has 2 aromatic carbocycles. The lowest BCUT2D eigenvalue weighted by Gasteiger charge is -2.14. The number of aliphatic hydroxyl groups excluding tert-OH is 2. The predicted molar refractivity (Wildman–Crippen MR) is 145 cm³/mol. The summed E-state index contributed by atoms with van der Waals surface area (Å²) in [6.45, 7) is 3.69. The minimum atomic E-state index is -0.661. The van der Waals surface area contributed by atoms with E-state index in [2.05, 4.69) is 29.6 Å². The Morgan fingerprint density at radius 2 is 1.75 bits per heavy atom. The van der Waals surface area contributed by atoms with E-state index < -0.39 is 6.10 Å². The van der Waals surface area contributed by atoms with Crippen molar-refractivity contribution in [3.8, 4) is 5.75 Å². The molecule has 0 heterocycles. The molecular formula is C29H43NO5S. The molecule has 0 radical (unpaired) electrons. The standard InChI is InChI=1S/C29H43NO5S/c31-21-25-19-24(12-13-28(25)32)29(33)20-30-14-5-1-2-6-15-34-16-17-35-22-23-8-7-11-27(18-23)36-26-9-3-4-10-26/h7-8,11-13,18-19,26,29-33H,1-6,9-10,14-17,20-22H2. The number of benzene rings is 2. The Hall–Kier alpha value is -1.61. The van der Waals surface area contributed by atoms with Gasteiger partial charge in [0.25, 0.3) is 0 Å². The average Bonchev–Trinajstić information content (AvgIpc) is 3.40. The lowest BCUT2D eigenvalue weighted by Crippen LogP contribution is -2.22. The lowest BCUT2D eigenvalue weighted by atomic mass is 10.1. The summed E-state index contributed by atoms with van der Waals surface area (Å²) in [5.74, 6) is 0.0485. The van der Waals surface area contributed by atoms with Crippen molar-refractivity contribution in [1.29, 1.82) is 0 Å². The maximum absolute atomic E-state index is 10.3. The highest BCUT2D eigenvalue weighted by Crippen LogP contribution is 2.34. The number of aromatic hydroxyl groups is 1. The molecule has 1 saturated carbocycles. The van der Waals surface area contributed by atoms with Crippen LogP contribution in [0.2, 0.25) is 0 Å². The predicted octanol–water partition coefficient (Wildman–Crippen LogP) is 5.34. The number of ether oxygens (including phenoxy) is 2. The molecule has 0 saturated heterocycles. The highest BCUT2D eigenvalue weighted by atomic mass is 32.2. The van der Waals surface area contributed by atoms with Gasteiger partial charge in [-0.15, -0.1) is 11.8 Å². The Bertz CT molecular complexity index is 874. The van der Waals surface area contributed by atoms with Gasteiger partial charge in [-0.2, -0.15) is 0 Å². The topological polar surface area (TPSA) is 91.2 Å². The summed E-state index contributed by atoms with van der Waals surface area (Å²) in [7, 11) is 0. The normalized spacial score (nSPS) is 14.9. The van der Waals surface area contributed by atoms with Gasteiger partial charge < -0.3 is 30.1 Å². The van der Waals surface area contributed by atoms with Crippen molar-refractivity contribution in [3.63, 3.8) is 0 Å². The van der Waals surface area contributed by atoms with Crippen LogP contribution in [0.5, 0.6) is 5.75 Å². The van der Waals surface area contributed by atoms with Crippen LogP contribution in [0.15, 0.2) is 47.4 Å². The van der Waals surface area contributed by atoms with E-state index in [1.807, 2.05) is 11.8 Å². The van der Waals surface area contributed by atoms with Gasteiger partial charge in [0.2, 0.25) is 0 Å². The zero-order chi connectivity index (χ0) is 25.4. The van der Waals surface area contributed by atoms with Crippen LogP contribution in [0, 0.1) is 0 Å². The third-order valence-electron chi connectivity index (χ3n) is 6.53. The zero-order valence-corrected chi connectivity index (χ0v) is 22.2. The number of nitrogens with one attached hydrogen (secondary N) is 1. The van der Waals surface area contributed by atoms with Gasteiger partial charge in [0.05, 0.1) is 32.5 Å². The molecule has 1 fully saturated rings. The van der Waals surface area contributed by atoms with Crippen LogP contribution in [0.1, 0.15) is 74.2 Å². The molecule has 1 aliphatic carbocycles. The summed E-state index contributed by atoms with van der Waals surface area (Å²) < 4.78 is 11.5. The summed E-state index contributed by atoms with van der Waals surface area (Å²) >= 11 is 2.02. The Kier molecular flexibility index (Phi) is 13.7. The van der Waals surface area contributed by atoms with E-state index in [-0.39, 0.29) is 12.4 Å². The highest BCUT2D eigenvalue weighted by molar-refractivity contribution is 8.00. The fraction of sp³-hybridized carbons (Fsp3) is 0.586. The second-order valence-corrected chi connectivity index (χ2v) is 10.9. The summed E-state index contributed by atoms with van der Waals surface area (Å²) in [5, 5.41) is 33.2. The van der Waals surface area contributed by atoms with Crippen molar-refractivity contribution in [1.82, 2.24) is 5.32 Å². The van der Waals surface area contributed by atoms with Gasteiger partial charge in [-0.1, -0.05) is 43.9 Å². The molecule has 2 aromatic rings. The van der Waals surface area contributed by atoms with Crippen molar-refractivity contribution < 1.29 is 24.8 Å². The van der Waals surface area contributed by atoms with Crippen LogP contribution < -0.4 is 5.32 Å². The first-order chi connectivity index (χ1) is 17.7. The van der Waals surface area contributed by atoms with Crippen molar-refractivity contribution in [2.24, 2.45) is 0 Å². The van der Waals surface area contributed by atoms with Gasteiger partial charge in [0.15, 0.2) is 0 Å². The third kappa shape index (κ3) is 10.8. The first-order valence-corrected chi connectivity index (χ1v) is 14.3. The Labute approximate surface area is 220 Å². The molecule has 7 heteroatoms. The quantitative estimate of drug-likeness (QED) is 0.199. The number of unbranched alkanes of at least 4 members (excludes halogenated alkanes) is 3. The summed E-state index contributed by atoms with van der Waals surface area (Å²) in [4.78, 5) is 1.36. The monoisotopic (exact) mass is 517 g/mol. The third-order valence-corrected chi connectivity index (χ3v) is 7.86. The number of aliphatic hydroxyl groups is 2. The molecule has 0 spiro atoms. The van der Waals surface area contributed by atoms with Crippen LogP contribution in [0.4, 0.5) is 0 Å². The Morgan fingerprint density at radius 1 is 0.944 bits per heavy atom. The van der Waals surface area contributed by atoms with E-state index in [1.54, 1.807) is 12.1 Å². The second kappa shape index (κ2) is 17.0. The smallest absolute Gasteiger partial charge is 0.121 e. The molecule has 0 amide bonds. The fourth-order valence-electron chi connectivity index (χ4n) is 4.42. The van der Waals surface area contributed by atoms with E-state index in [0.29, 0.717) is 37.5 Å². The van der Waals surface area contributed by atoms with E-state index in [9.17, 15) is 15.3 Å². The van der Waals surface area contributed by atoms with Crippen LogP contribution in [-0.2, 0) is 22.7 Å². The lowest BCUT2D eigenvalue weighted by molar-refractivity contribution is 0.0392. The Morgan fingerprint density at radius 3 is 2.58 bits per heavy atom. The molecular weight excluding hydrogens is 474 g/mol. The first-order valence-electron chi connectivity index (χ1n) is 13.4. The SMILES string of the molecule is OCc1cc(C(O)CNCCCCCCOCCOCc2cccc(SC3CCCC3)c2)ccc1O. The van der Waals surface area contributed by atoms with Crippen molar-refractivity contribution >= 4 is 11.8 Å². The van der Waals surface area contributed by atoms with E-state index in [4.69, 9.17) is 9.47 Å². The maximum Gasteiger partial charge on any atom is 0.121 e. The summed E-state index contributed by atoms with van der Waals surface area (Å²) in [5.41, 5.74) is 2.36. The zero-order valence-electron chi connectivity index (χ0n) is 21.4. The molecule has 3 rings (SSSR count). The number of thioether (sulfide) groups is 1. The summed E-state index contributed by atoms with van der Waals surface area (Å²) in [6.07, 6.45) is 9.11. The van der Waals surface area contributed by atoms with Gasteiger partial charge in [-0.25, -0.2) is 0 Å². The minimum absolute atomic E-state index is 0.0485. The molecule has 1 atom stereocenters. The fourth-order valence-corrected chi connectivity index (χ4v) is 5.75. The average molecular weight is 518 g/mol. The second-order valence-electron chi connectivity index (χ2n) is 9.52. The van der Waals surface area contributed by atoms with E-state index in [1.165, 1.54) is 42.2 Å². The minimum Gasteiger partial charge on any atom is -0.508 e. The number of phenols is 1. The highest BCUT2D eigenvalue weighted by Gasteiger charge is 2.16. The van der Waals surface area contributed by atoms with Gasteiger partial charge in [-0.05, 0) is 67.6 Å². The first kappa shape index (κ1) is 29.0. The molecule has 0 bridgehead atoms. The molecule has 1 unspecified atom stereocenters. The molecule has 0 aromatic heterocycles.